The van der Waals surface area contributed by atoms with Crippen LogP contribution in [-0.4, -0.2) is 45.7 Å². The molecule has 11 heteroatoms. The molecular formula is C23H18ClF2N5O3. The molecule has 1 fully saturated rings. The Bertz CT molecular complexity index is 1240. The van der Waals surface area contributed by atoms with E-state index in [9.17, 15) is 23.9 Å². The second-order valence-electron chi connectivity index (χ2n) is 7.58. The number of carbonyl (C=O) groups is 1. The number of benzene rings is 1. The summed E-state index contributed by atoms with van der Waals surface area (Å²) < 4.78 is 29.8. The summed E-state index contributed by atoms with van der Waals surface area (Å²) in [5, 5.41) is 21.9. The first-order chi connectivity index (χ1) is 16.2. The molecule has 0 saturated carbocycles. The number of aromatic nitrogens is 2. The lowest BCUT2D eigenvalue weighted by molar-refractivity contribution is -0.0964. The number of ether oxygens (including phenoxy) is 1. The summed E-state index contributed by atoms with van der Waals surface area (Å²) in [6.07, 6.45) is 4.52. The van der Waals surface area contributed by atoms with Crippen LogP contribution in [0.15, 0.2) is 55.0 Å². The van der Waals surface area contributed by atoms with E-state index < -0.39 is 17.6 Å². The Hall–Kier alpha value is -3.81. The molecule has 1 atom stereocenters. The Morgan fingerprint density at radius 1 is 1.26 bits per heavy atom. The summed E-state index contributed by atoms with van der Waals surface area (Å²) in [5.41, 5.74) is -1.73. The number of nitriles is 1. The van der Waals surface area contributed by atoms with E-state index in [1.54, 1.807) is 18.3 Å². The van der Waals surface area contributed by atoms with E-state index in [2.05, 4.69) is 20.0 Å². The van der Waals surface area contributed by atoms with Gasteiger partial charge in [-0.3, -0.25) is 9.78 Å². The summed E-state index contributed by atoms with van der Waals surface area (Å²) >= 11 is 4.75. The number of nitrogens with zero attached hydrogens (tertiary/aromatic N) is 4. The van der Waals surface area contributed by atoms with Gasteiger partial charge in [0.15, 0.2) is 0 Å². The smallest absolute Gasteiger partial charge is 0.420 e. The molecule has 1 aliphatic rings. The third-order valence-electron chi connectivity index (χ3n) is 5.12. The second kappa shape index (κ2) is 9.59. The normalized spacial score (nSPS) is 15.6. The maximum atomic E-state index is 12.9. The van der Waals surface area contributed by atoms with Crippen molar-refractivity contribution in [3.8, 4) is 22.9 Å². The van der Waals surface area contributed by atoms with Crippen LogP contribution in [0.4, 0.5) is 20.3 Å². The fourth-order valence-electron chi connectivity index (χ4n) is 3.57. The summed E-state index contributed by atoms with van der Waals surface area (Å²) in [4.78, 5) is 23.3. The number of halogens is 3. The van der Waals surface area contributed by atoms with Crippen molar-refractivity contribution in [1.29, 1.82) is 5.26 Å². The summed E-state index contributed by atoms with van der Waals surface area (Å²) in [7, 11) is 0. The van der Waals surface area contributed by atoms with E-state index in [1.807, 2.05) is 11.0 Å². The maximum Gasteiger partial charge on any atom is 0.487 e. The predicted molar refractivity (Wildman–Crippen MR) is 121 cm³/mol. The molecule has 0 radical (unpaired) electrons. The van der Waals surface area contributed by atoms with Crippen molar-refractivity contribution in [3.05, 3.63) is 66.1 Å². The Morgan fingerprint density at radius 3 is 2.68 bits per heavy atom. The Balaban J connectivity index is 1.62. The number of pyridine rings is 2. The van der Waals surface area contributed by atoms with Crippen LogP contribution in [0, 0.1) is 11.3 Å². The molecule has 4 rings (SSSR count). The highest BCUT2D eigenvalue weighted by molar-refractivity contribution is 6.20. The van der Waals surface area contributed by atoms with Crippen LogP contribution in [0.3, 0.4) is 0 Å². The highest BCUT2D eigenvalue weighted by Gasteiger charge is 2.28. The number of hydrogen-bond acceptors (Lipinski definition) is 7. The number of aliphatic hydroxyl groups excluding tert-OH is 1. The molecule has 3 heterocycles. The van der Waals surface area contributed by atoms with Crippen molar-refractivity contribution in [3.63, 3.8) is 0 Å². The number of nitrogens with one attached hydrogen (secondary N) is 1. The van der Waals surface area contributed by atoms with Crippen LogP contribution in [0.2, 0.25) is 0 Å². The van der Waals surface area contributed by atoms with E-state index >= 15 is 0 Å². The number of carbonyl (C=O) groups excluding carboxylic acids is 1. The van der Waals surface area contributed by atoms with Crippen LogP contribution < -0.4 is 15.0 Å². The lowest BCUT2D eigenvalue weighted by atomic mass is 10.0. The molecule has 0 aliphatic carbocycles. The zero-order chi connectivity index (χ0) is 24.3. The van der Waals surface area contributed by atoms with Gasteiger partial charge in [0.25, 0.3) is 5.91 Å². The molecule has 34 heavy (non-hydrogen) atoms. The standard InChI is InChI=1S/C23H18ClF2N5O3/c24-23(25,26)34-19-3-1-17(2-4-19)30-22(33)16-8-20(15-7-14(9-27)10-28-11-15)21(29-12-16)31-6-5-18(32)13-31/h1-4,7-8,10-12,18,32H,5-6,13H2,(H,30,33)/t18-/m1/s1. The van der Waals surface area contributed by atoms with Crippen molar-refractivity contribution >= 4 is 29.0 Å². The van der Waals surface area contributed by atoms with E-state index in [0.29, 0.717) is 47.7 Å². The molecule has 174 valence electrons. The summed E-state index contributed by atoms with van der Waals surface area (Å²) in [6.45, 7) is 0.987. The number of alkyl halides is 3. The third kappa shape index (κ3) is 5.57. The first-order valence-electron chi connectivity index (χ1n) is 10.2. The van der Waals surface area contributed by atoms with Crippen molar-refractivity contribution in [2.45, 2.75) is 18.1 Å². The second-order valence-corrected chi connectivity index (χ2v) is 8.02. The molecule has 3 aromatic rings. The number of aliphatic hydroxyl groups is 1. The highest BCUT2D eigenvalue weighted by Crippen LogP contribution is 2.32. The quantitative estimate of drug-likeness (QED) is 0.507. The minimum absolute atomic E-state index is 0.163. The molecule has 0 bridgehead atoms. The molecule has 0 spiro atoms. The van der Waals surface area contributed by atoms with Gasteiger partial charge in [-0.25, -0.2) is 4.98 Å². The minimum atomic E-state index is -3.84. The first-order valence-corrected chi connectivity index (χ1v) is 10.6. The Labute approximate surface area is 198 Å². The predicted octanol–water partition coefficient (Wildman–Crippen LogP) is 4.01. The molecule has 8 nitrogen and oxygen atoms in total. The lowest BCUT2D eigenvalue weighted by Gasteiger charge is -2.21. The van der Waals surface area contributed by atoms with Crippen LogP contribution in [0.1, 0.15) is 22.3 Å². The first kappa shape index (κ1) is 23.4. The van der Waals surface area contributed by atoms with Crippen LogP contribution in [0.5, 0.6) is 5.75 Å². The fraction of sp³-hybridized carbons (Fsp3) is 0.217. The average Bonchev–Trinajstić information content (AvgIpc) is 3.25. The molecule has 0 unspecified atom stereocenters. The number of anilines is 2. The summed E-state index contributed by atoms with van der Waals surface area (Å²) in [5.74, 6) is -0.0834. The van der Waals surface area contributed by atoms with Crippen molar-refractivity contribution in [2.24, 2.45) is 0 Å². The molecule has 1 aromatic carbocycles. The van der Waals surface area contributed by atoms with Crippen molar-refractivity contribution in [1.82, 2.24) is 9.97 Å². The average molecular weight is 486 g/mol. The number of amides is 1. The molecule has 2 aromatic heterocycles. The van der Waals surface area contributed by atoms with Gasteiger partial charge >= 0.3 is 5.57 Å². The molecule has 1 amide bonds. The zero-order valence-corrected chi connectivity index (χ0v) is 18.3. The van der Waals surface area contributed by atoms with Gasteiger partial charge in [0.1, 0.15) is 17.6 Å². The highest BCUT2D eigenvalue weighted by atomic mass is 35.5. The van der Waals surface area contributed by atoms with Gasteiger partial charge < -0.3 is 20.1 Å². The van der Waals surface area contributed by atoms with E-state index in [-0.39, 0.29) is 11.3 Å². The number of hydrogen-bond donors (Lipinski definition) is 2. The molecular weight excluding hydrogens is 468 g/mol. The van der Waals surface area contributed by atoms with Crippen molar-refractivity contribution in [2.75, 3.05) is 23.3 Å². The van der Waals surface area contributed by atoms with Crippen LogP contribution in [-0.2, 0) is 0 Å². The van der Waals surface area contributed by atoms with E-state index in [1.165, 1.54) is 36.7 Å². The molecule has 1 aliphatic heterocycles. The van der Waals surface area contributed by atoms with E-state index in [4.69, 9.17) is 11.6 Å². The van der Waals surface area contributed by atoms with Crippen LogP contribution in [0.25, 0.3) is 11.1 Å². The number of rotatable bonds is 6. The van der Waals surface area contributed by atoms with Gasteiger partial charge in [-0.2, -0.15) is 5.26 Å². The zero-order valence-electron chi connectivity index (χ0n) is 17.6. The molecule has 2 N–H and O–H groups in total. The van der Waals surface area contributed by atoms with E-state index in [0.717, 1.165) is 0 Å². The minimum Gasteiger partial charge on any atom is -0.420 e. The van der Waals surface area contributed by atoms with Crippen LogP contribution >= 0.6 is 11.6 Å². The number of β-amino-alcohol motifs (C(OH)–C–C–N with tert-alkyl or cyclic N) is 1. The van der Waals surface area contributed by atoms with Crippen molar-refractivity contribution < 1.29 is 23.4 Å². The van der Waals surface area contributed by atoms with Gasteiger partial charge in [-0.15, -0.1) is 8.78 Å². The molecule has 1 saturated heterocycles. The largest absolute Gasteiger partial charge is 0.487 e. The summed E-state index contributed by atoms with van der Waals surface area (Å²) in [6, 6.07) is 10.6. The SMILES string of the molecule is N#Cc1cncc(-c2cc(C(=O)Nc3ccc(OC(F)(F)Cl)cc3)cnc2N2CC[C@@H](O)C2)c1. The van der Waals surface area contributed by atoms with Gasteiger partial charge in [0.2, 0.25) is 0 Å². The third-order valence-corrected chi connectivity index (χ3v) is 5.19. The topological polar surface area (TPSA) is 111 Å². The van der Waals surface area contributed by atoms with Gasteiger partial charge in [-0.05, 0) is 42.8 Å². The fourth-order valence-corrected chi connectivity index (χ4v) is 3.66. The van der Waals surface area contributed by atoms with Gasteiger partial charge in [0.05, 0.1) is 17.2 Å². The lowest BCUT2D eigenvalue weighted by Crippen LogP contribution is -2.23. The monoisotopic (exact) mass is 485 g/mol. The van der Waals surface area contributed by atoms with Gasteiger partial charge in [0, 0.05) is 60.1 Å². The Kier molecular flexibility index (Phi) is 6.58. The Morgan fingerprint density at radius 2 is 2.03 bits per heavy atom. The maximum absolute atomic E-state index is 12.9. The van der Waals surface area contributed by atoms with Gasteiger partial charge in [-0.1, -0.05) is 0 Å².